The van der Waals surface area contributed by atoms with E-state index in [1.54, 1.807) is 17.0 Å². The van der Waals surface area contributed by atoms with Crippen molar-refractivity contribution in [3.8, 4) is 11.5 Å². The number of nitrogens with zero attached hydrogens (tertiary/aromatic N) is 3. The monoisotopic (exact) mass is 541 g/mol. The number of benzene rings is 2. The normalized spacial score (nSPS) is 19.8. The average Bonchev–Trinajstić information content (AvgIpc) is 3.36. The minimum atomic E-state index is -0.843. The van der Waals surface area contributed by atoms with Crippen LogP contribution in [0.3, 0.4) is 0 Å². The predicted molar refractivity (Wildman–Crippen MR) is 142 cm³/mol. The van der Waals surface area contributed by atoms with E-state index < -0.39 is 6.04 Å². The van der Waals surface area contributed by atoms with E-state index >= 15 is 0 Å². The highest BCUT2D eigenvalue weighted by atomic mass is 35.5. The first kappa shape index (κ1) is 26.3. The molecule has 3 heterocycles. The van der Waals surface area contributed by atoms with Gasteiger partial charge in [0.05, 0.1) is 13.0 Å². The van der Waals surface area contributed by atoms with Crippen LogP contribution in [0.15, 0.2) is 36.4 Å². The molecular formula is C27H32ClN5O5. The third-order valence-corrected chi connectivity index (χ3v) is 7.56. The summed E-state index contributed by atoms with van der Waals surface area (Å²) in [4.78, 5) is 44.6. The molecular weight excluding hydrogens is 510 g/mol. The average molecular weight is 542 g/mol. The summed E-state index contributed by atoms with van der Waals surface area (Å²) < 4.78 is 10.9. The third-order valence-electron chi connectivity index (χ3n) is 7.15. The van der Waals surface area contributed by atoms with E-state index in [9.17, 15) is 14.4 Å². The Hall–Kier alpha value is -3.34. The number of carbonyl (C=O) groups excluding carboxylic acids is 3. The van der Waals surface area contributed by atoms with Crippen molar-refractivity contribution < 1.29 is 23.9 Å². The first-order chi connectivity index (χ1) is 18.4. The number of carbonyl (C=O) groups is 3. The second kappa shape index (κ2) is 11.6. The first-order valence-corrected chi connectivity index (χ1v) is 13.2. The number of fused-ring (bicyclic) bond motifs is 1. The van der Waals surface area contributed by atoms with Gasteiger partial charge in [0.1, 0.15) is 6.04 Å². The molecule has 2 aromatic carbocycles. The van der Waals surface area contributed by atoms with Gasteiger partial charge in [-0.1, -0.05) is 23.7 Å². The zero-order valence-electron chi connectivity index (χ0n) is 21.4. The molecule has 38 heavy (non-hydrogen) atoms. The van der Waals surface area contributed by atoms with Gasteiger partial charge in [-0.3, -0.25) is 24.2 Å². The van der Waals surface area contributed by atoms with E-state index in [4.69, 9.17) is 21.1 Å². The van der Waals surface area contributed by atoms with Crippen molar-refractivity contribution >= 4 is 35.0 Å². The molecule has 11 heteroatoms. The maximum absolute atomic E-state index is 13.2. The van der Waals surface area contributed by atoms with Crippen LogP contribution in [0.1, 0.15) is 17.5 Å². The second-order valence-electron chi connectivity index (χ2n) is 9.85. The van der Waals surface area contributed by atoms with Crippen molar-refractivity contribution in [3.63, 3.8) is 0 Å². The highest BCUT2D eigenvalue weighted by molar-refractivity contribution is 6.31. The Labute approximate surface area is 226 Å². The molecule has 1 atom stereocenters. The van der Waals surface area contributed by atoms with E-state index in [2.05, 4.69) is 26.5 Å². The molecule has 0 radical (unpaired) electrons. The molecule has 2 saturated heterocycles. The molecule has 0 unspecified atom stereocenters. The molecule has 2 aromatic rings. The van der Waals surface area contributed by atoms with E-state index in [0.29, 0.717) is 23.8 Å². The number of halogens is 1. The van der Waals surface area contributed by atoms with Crippen LogP contribution in [0.2, 0.25) is 5.02 Å². The van der Waals surface area contributed by atoms with Crippen molar-refractivity contribution in [1.82, 2.24) is 20.0 Å². The summed E-state index contributed by atoms with van der Waals surface area (Å²) >= 11 is 6.15. The second-order valence-corrected chi connectivity index (χ2v) is 10.3. The zero-order chi connectivity index (χ0) is 26.6. The lowest BCUT2D eigenvalue weighted by Crippen LogP contribution is -2.60. The van der Waals surface area contributed by atoms with E-state index in [-0.39, 0.29) is 37.5 Å². The first-order valence-electron chi connectivity index (χ1n) is 12.8. The SMILES string of the molecule is Cc1ccc(NC(=O)C[C@H]2C(=O)NCCN2C(=O)CN2CCN(Cc3ccc4c(c3)OCO4)CC2)cc1Cl. The third kappa shape index (κ3) is 6.20. The number of hydrogen-bond donors (Lipinski definition) is 2. The van der Waals surface area contributed by atoms with Crippen molar-refractivity contribution in [2.75, 3.05) is 57.9 Å². The Morgan fingerprint density at radius 2 is 1.79 bits per heavy atom. The fourth-order valence-electron chi connectivity index (χ4n) is 4.96. The molecule has 0 bridgehead atoms. The Bertz CT molecular complexity index is 1220. The predicted octanol–water partition coefficient (Wildman–Crippen LogP) is 1.85. The lowest BCUT2D eigenvalue weighted by Gasteiger charge is -2.38. The topological polar surface area (TPSA) is 103 Å². The van der Waals surface area contributed by atoms with Crippen LogP contribution in [0, 0.1) is 6.92 Å². The summed E-state index contributed by atoms with van der Waals surface area (Å²) in [6.07, 6.45) is -0.119. The Morgan fingerprint density at radius 3 is 2.58 bits per heavy atom. The molecule has 5 rings (SSSR count). The molecule has 0 aliphatic carbocycles. The summed E-state index contributed by atoms with van der Waals surface area (Å²) in [5, 5.41) is 6.11. The minimum Gasteiger partial charge on any atom is -0.454 e. The lowest BCUT2D eigenvalue weighted by molar-refractivity contribution is -0.145. The molecule has 3 amide bonds. The van der Waals surface area contributed by atoms with Gasteiger partial charge in [-0.2, -0.15) is 0 Å². The summed E-state index contributed by atoms with van der Waals surface area (Å²) in [5.74, 6) is 0.763. The van der Waals surface area contributed by atoms with Crippen molar-refractivity contribution in [3.05, 3.63) is 52.5 Å². The molecule has 10 nitrogen and oxygen atoms in total. The summed E-state index contributed by atoms with van der Waals surface area (Å²) in [5.41, 5.74) is 2.62. The zero-order valence-corrected chi connectivity index (χ0v) is 22.1. The number of rotatable bonds is 7. The maximum Gasteiger partial charge on any atom is 0.243 e. The molecule has 0 aromatic heterocycles. The highest BCUT2D eigenvalue weighted by Gasteiger charge is 2.35. The standard InChI is InChI=1S/C27H32ClN5O5/c1-18-2-4-20(13-21(18)28)30-25(34)14-22-27(36)29-6-7-33(22)26(35)16-32-10-8-31(9-11-32)15-19-3-5-23-24(12-19)38-17-37-23/h2-5,12-13,22H,6-11,14-17H2,1H3,(H,29,36)(H,30,34)/t22-/m0/s1. The van der Waals surface area contributed by atoms with E-state index in [0.717, 1.165) is 55.3 Å². The number of aryl methyl sites for hydroxylation is 1. The fraction of sp³-hybridized carbons (Fsp3) is 0.444. The van der Waals surface area contributed by atoms with Gasteiger partial charge < -0.3 is 25.0 Å². The van der Waals surface area contributed by atoms with Crippen molar-refractivity contribution in [2.45, 2.75) is 25.9 Å². The number of nitrogens with one attached hydrogen (secondary N) is 2. The Kier molecular flexibility index (Phi) is 8.01. The minimum absolute atomic E-state index is 0.119. The molecule has 0 spiro atoms. The number of anilines is 1. The van der Waals surface area contributed by atoms with Gasteiger partial charge in [-0.05, 0) is 42.3 Å². The number of piperazine rings is 2. The van der Waals surface area contributed by atoms with Gasteiger partial charge in [-0.15, -0.1) is 0 Å². The van der Waals surface area contributed by atoms with Crippen LogP contribution >= 0.6 is 11.6 Å². The number of ether oxygens (including phenoxy) is 2. The van der Waals surface area contributed by atoms with Gasteiger partial charge >= 0.3 is 0 Å². The van der Waals surface area contributed by atoms with Crippen molar-refractivity contribution in [1.29, 1.82) is 0 Å². The lowest BCUT2D eigenvalue weighted by atomic mass is 10.1. The molecule has 2 fully saturated rings. The molecule has 0 saturated carbocycles. The number of amides is 3. The maximum atomic E-state index is 13.2. The Morgan fingerprint density at radius 1 is 1.03 bits per heavy atom. The Balaban J connectivity index is 1.12. The van der Waals surface area contributed by atoms with Crippen LogP contribution in [-0.4, -0.2) is 91.1 Å². The quantitative estimate of drug-likeness (QED) is 0.551. The van der Waals surface area contributed by atoms with Gasteiger partial charge in [0.25, 0.3) is 0 Å². The molecule has 3 aliphatic heterocycles. The van der Waals surface area contributed by atoms with Crippen LogP contribution in [0.5, 0.6) is 11.5 Å². The number of hydrogen-bond acceptors (Lipinski definition) is 7. The van der Waals surface area contributed by atoms with Crippen LogP contribution in [0.25, 0.3) is 0 Å². The fourth-order valence-corrected chi connectivity index (χ4v) is 5.14. The van der Waals surface area contributed by atoms with Crippen LogP contribution in [-0.2, 0) is 20.9 Å². The van der Waals surface area contributed by atoms with Gasteiger partial charge in [0.15, 0.2) is 11.5 Å². The summed E-state index contributed by atoms with van der Waals surface area (Å²) in [6.45, 7) is 7.06. The van der Waals surface area contributed by atoms with Gasteiger partial charge in [0.2, 0.25) is 24.5 Å². The largest absolute Gasteiger partial charge is 0.454 e. The van der Waals surface area contributed by atoms with E-state index in [1.807, 2.05) is 25.1 Å². The van der Waals surface area contributed by atoms with Crippen LogP contribution < -0.4 is 20.1 Å². The van der Waals surface area contributed by atoms with E-state index in [1.165, 1.54) is 0 Å². The molecule has 2 N–H and O–H groups in total. The smallest absolute Gasteiger partial charge is 0.243 e. The molecule has 202 valence electrons. The summed E-state index contributed by atoms with van der Waals surface area (Å²) in [6, 6.07) is 10.4. The van der Waals surface area contributed by atoms with Crippen LogP contribution in [0.4, 0.5) is 5.69 Å². The van der Waals surface area contributed by atoms with Gasteiger partial charge in [-0.25, -0.2) is 0 Å². The molecule has 3 aliphatic rings. The van der Waals surface area contributed by atoms with Crippen molar-refractivity contribution in [2.24, 2.45) is 0 Å². The summed E-state index contributed by atoms with van der Waals surface area (Å²) in [7, 11) is 0. The highest BCUT2D eigenvalue weighted by Crippen LogP contribution is 2.33. The van der Waals surface area contributed by atoms with Gasteiger partial charge in [0, 0.05) is 56.5 Å².